The van der Waals surface area contributed by atoms with Crippen LogP contribution in [0.3, 0.4) is 0 Å². The van der Waals surface area contributed by atoms with E-state index in [1.54, 1.807) is 0 Å². The molecule has 26 heavy (non-hydrogen) atoms. The maximum Gasteiger partial charge on any atom is 0.269 e. The highest BCUT2D eigenvalue weighted by Crippen LogP contribution is 2.15. The van der Waals surface area contributed by atoms with Crippen molar-refractivity contribution < 1.29 is 18.1 Å². The van der Waals surface area contributed by atoms with Gasteiger partial charge in [-0.3, -0.25) is 19.8 Å². The highest BCUT2D eigenvalue weighted by molar-refractivity contribution is 7.89. The Hall–Kier alpha value is -2.08. The van der Waals surface area contributed by atoms with Gasteiger partial charge in [-0.25, -0.2) is 13.1 Å². The second-order valence-electron chi connectivity index (χ2n) is 5.84. The number of carbonyl (C=O) groups is 1. The van der Waals surface area contributed by atoms with Gasteiger partial charge in [0.2, 0.25) is 15.9 Å². The number of amides is 1. The smallest absolute Gasteiger partial charge is 0.269 e. The first kappa shape index (κ1) is 20.2. The molecule has 1 heterocycles. The van der Waals surface area contributed by atoms with E-state index >= 15 is 0 Å². The molecule has 1 amide bonds. The molecule has 1 aromatic rings. The van der Waals surface area contributed by atoms with E-state index in [0.717, 1.165) is 57.0 Å². The van der Waals surface area contributed by atoms with Crippen LogP contribution in [0.5, 0.6) is 0 Å². The molecule has 0 bridgehead atoms. The Morgan fingerprint density at radius 1 is 1.19 bits per heavy atom. The minimum Gasteiger partial charge on any atom is -0.355 e. The molecule has 0 spiro atoms. The quantitative estimate of drug-likeness (QED) is 0.377. The SMILES string of the molecule is O=C(CCNS(=O)(=O)c1ccc([N+](=O)[O-])cc1)NCCN1CCNCC1. The molecule has 0 aliphatic carbocycles. The minimum absolute atomic E-state index is 0.0216. The van der Waals surface area contributed by atoms with Crippen LogP contribution in [-0.2, 0) is 14.8 Å². The Morgan fingerprint density at radius 2 is 1.85 bits per heavy atom. The second kappa shape index (κ2) is 9.57. The molecule has 0 radical (unpaired) electrons. The van der Waals surface area contributed by atoms with Gasteiger partial charge in [0.05, 0.1) is 9.82 Å². The van der Waals surface area contributed by atoms with Crippen molar-refractivity contribution in [2.24, 2.45) is 0 Å². The third-order valence-corrected chi connectivity index (χ3v) is 5.44. The molecule has 144 valence electrons. The average Bonchev–Trinajstić information content (AvgIpc) is 2.62. The van der Waals surface area contributed by atoms with Crippen LogP contribution in [0.2, 0.25) is 0 Å². The van der Waals surface area contributed by atoms with Crippen LogP contribution in [0, 0.1) is 10.1 Å². The second-order valence-corrected chi connectivity index (χ2v) is 7.61. The van der Waals surface area contributed by atoms with E-state index in [1.807, 2.05) is 0 Å². The topological polar surface area (TPSA) is 134 Å². The van der Waals surface area contributed by atoms with E-state index in [1.165, 1.54) is 0 Å². The third kappa shape index (κ3) is 6.33. The third-order valence-electron chi connectivity index (χ3n) is 3.96. The van der Waals surface area contributed by atoms with Crippen LogP contribution in [0.15, 0.2) is 29.2 Å². The fourth-order valence-electron chi connectivity index (χ4n) is 2.51. The Labute approximate surface area is 152 Å². The van der Waals surface area contributed by atoms with E-state index in [2.05, 4.69) is 20.3 Å². The van der Waals surface area contributed by atoms with E-state index < -0.39 is 14.9 Å². The lowest BCUT2D eigenvalue weighted by molar-refractivity contribution is -0.384. The summed E-state index contributed by atoms with van der Waals surface area (Å²) in [6.45, 7) is 5.03. The van der Waals surface area contributed by atoms with Crippen molar-refractivity contribution >= 4 is 21.6 Å². The number of hydrogen-bond donors (Lipinski definition) is 3. The zero-order valence-electron chi connectivity index (χ0n) is 14.3. The molecular formula is C15H23N5O5S. The van der Waals surface area contributed by atoms with Gasteiger partial charge in [0.1, 0.15) is 0 Å². The van der Waals surface area contributed by atoms with Crippen LogP contribution in [0.1, 0.15) is 6.42 Å². The van der Waals surface area contributed by atoms with Crippen LogP contribution in [-0.4, -0.2) is 70.0 Å². The van der Waals surface area contributed by atoms with E-state index in [4.69, 9.17) is 0 Å². The summed E-state index contributed by atoms with van der Waals surface area (Å²) < 4.78 is 26.5. The number of carbonyl (C=O) groups excluding carboxylic acids is 1. The van der Waals surface area contributed by atoms with Gasteiger partial charge in [-0.15, -0.1) is 0 Å². The molecule has 0 aromatic heterocycles. The lowest BCUT2D eigenvalue weighted by atomic mass is 10.3. The van der Waals surface area contributed by atoms with E-state index in [9.17, 15) is 23.3 Å². The van der Waals surface area contributed by atoms with E-state index in [0.29, 0.717) is 6.54 Å². The van der Waals surface area contributed by atoms with Crippen molar-refractivity contribution in [3.05, 3.63) is 34.4 Å². The number of rotatable bonds is 9. The first-order chi connectivity index (χ1) is 12.4. The fraction of sp³-hybridized carbons (Fsp3) is 0.533. The molecule has 0 unspecified atom stereocenters. The predicted octanol–water partition coefficient (Wildman–Crippen LogP) is -0.715. The van der Waals surface area contributed by atoms with Gasteiger partial charge in [0.25, 0.3) is 5.69 Å². The Morgan fingerprint density at radius 3 is 2.46 bits per heavy atom. The molecule has 0 atom stereocenters. The fourth-order valence-corrected chi connectivity index (χ4v) is 3.54. The molecular weight excluding hydrogens is 362 g/mol. The number of nitro groups is 1. The molecule has 3 N–H and O–H groups in total. The molecule has 11 heteroatoms. The predicted molar refractivity (Wildman–Crippen MR) is 95.2 cm³/mol. The molecule has 2 rings (SSSR count). The average molecular weight is 385 g/mol. The Bertz CT molecular complexity index is 716. The zero-order chi connectivity index (χ0) is 19.0. The first-order valence-corrected chi connectivity index (χ1v) is 9.81. The number of nitrogens with zero attached hydrogens (tertiary/aromatic N) is 2. The maximum atomic E-state index is 12.1. The zero-order valence-corrected chi connectivity index (χ0v) is 15.1. The van der Waals surface area contributed by atoms with Crippen LogP contribution >= 0.6 is 0 Å². The molecule has 1 fully saturated rings. The number of non-ortho nitro benzene ring substituents is 1. The number of piperazine rings is 1. The van der Waals surface area contributed by atoms with Crippen molar-refractivity contribution in [2.75, 3.05) is 45.8 Å². The highest BCUT2D eigenvalue weighted by atomic mass is 32.2. The molecule has 10 nitrogen and oxygen atoms in total. The van der Waals surface area contributed by atoms with Crippen molar-refractivity contribution in [1.29, 1.82) is 0 Å². The van der Waals surface area contributed by atoms with E-state index in [-0.39, 0.29) is 29.5 Å². The van der Waals surface area contributed by atoms with Crippen molar-refractivity contribution in [1.82, 2.24) is 20.3 Å². The van der Waals surface area contributed by atoms with Crippen molar-refractivity contribution in [3.8, 4) is 0 Å². The van der Waals surface area contributed by atoms with Crippen LogP contribution in [0.4, 0.5) is 5.69 Å². The summed E-state index contributed by atoms with van der Waals surface area (Å²) in [4.78, 5) is 23.9. The van der Waals surface area contributed by atoms with Crippen LogP contribution in [0.25, 0.3) is 0 Å². The molecule has 0 saturated carbocycles. The number of hydrogen-bond acceptors (Lipinski definition) is 7. The molecule has 1 saturated heterocycles. The minimum atomic E-state index is -3.80. The Balaban J connectivity index is 1.70. The van der Waals surface area contributed by atoms with Gasteiger partial charge in [-0.05, 0) is 12.1 Å². The van der Waals surface area contributed by atoms with Gasteiger partial charge in [-0.1, -0.05) is 0 Å². The molecule has 1 aliphatic rings. The summed E-state index contributed by atoms with van der Waals surface area (Å²) in [5.74, 6) is -0.230. The number of sulfonamides is 1. The summed E-state index contributed by atoms with van der Waals surface area (Å²) in [5, 5.41) is 16.6. The van der Waals surface area contributed by atoms with Gasteiger partial charge in [0, 0.05) is 64.4 Å². The number of nitro benzene ring substituents is 1. The van der Waals surface area contributed by atoms with Gasteiger partial charge >= 0.3 is 0 Å². The standard InChI is InChI=1S/C15H23N5O5S/c21-15(17-9-12-19-10-7-16-8-11-19)5-6-18-26(24,25)14-3-1-13(2-4-14)20(22)23/h1-4,16,18H,5-12H2,(H,17,21). The first-order valence-electron chi connectivity index (χ1n) is 8.32. The summed E-state index contributed by atoms with van der Waals surface area (Å²) in [7, 11) is -3.80. The summed E-state index contributed by atoms with van der Waals surface area (Å²) in [6, 6.07) is 4.57. The van der Waals surface area contributed by atoms with Gasteiger partial charge < -0.3 is 10.6 Å². The van der Waals surface area contributed by atoms with Crippen molar-refractivity contribution in [2.45, 2.75) is 11.3 Å². The normalized spacial score (nSPS) is 15.5. The lowest BCUT2D eigenvalue weighted by Crippen LogP contribution is -2.46. The monoisotopic (exact) mass is 385 g/mol. The van der Waals surface area contributed by atoms with Crippen LogP contribution < -0.4 is 15.4 Å². The van der Waals surface area contributed by atoms with Gasteiger partial charge in [0.15, 0.2) is 0 Å². The van der Waals surface area contributed by atoms with Crippen molar-refractivity contribution in [3.63, 3.8) is 0 Å². The summed E-state index contributed by atoms with van der Waals surface area (Å²) in [5.41, 5.74) is -0.187. The van der Waals surface area contributed by atoms with Gasteiger partial charge in [-0.2, -0.15) is 0 Å². The highest BCUT2D eigenvalue weighted by Gasteiger charge is 2.16. The lowest BCUT2D eigenvalue weighted by Gasteiger charge is -2.27. The Kier molecular flexibility index (Phi) is 7.45. The summed E-state index contributed by atoms with van der Waals surface area (Å²) >= 11 is 0. The number of benzene rings is 1. The number of nitrogens with one attached hydrogen (secondary N) is 3. The summed E-state index contributed by atoms with van der Waals surface area (Å²) in [6.07, 6.45) is 0.0216. The largest absolute Gasteiger partial charge is 0.355 e. The molecule has 1 aliphatic heterocycles. The molecule has 1 aromatic carbocycles. The maximum absolute atomic E-state index is 12.1.